The average molecular weight is 382 g/mol. The summed E-state index contributed by atoms with van der Waals surface area (Å²) in [5, 5.41) is 23.7. The standard InChI is InChI=1S/C18H18N6O2S/c1-11-14(12(2)26-23-11)3-6-18(25)19-9-17-21-20-16-5-4-15(22-24(16)17)13-7-8-27-10-13/h4-5,7-8,10H,3,6,9H2,1-2H3,(H,19,25). The van der Waals surface area contributed by atoms with Crippen LogP contribution in [0.1, 0.15) is 29.3 Å². The lowest BCUT2D eigenvalue weighted by Gasteiger charge is -2.05. The van der Waals surface area contributed by atoms with Gasteiger partial charge in [0.15, 0.2) is 11.5 Å². The van der Waals surface area contributed by atoms with Crippen LogP contribution >= 0.6 is 11.3 Å². The lowest BCUT2D eigenvalue weighted by molar-refractivity contribution is -0.121. The number of aryl methyl sites for hydroxylation is 2. The van der Waals surface area contributed by atoms with Gasteiger partial charge in [-0.25, -0.2) is 0 Å². The van der Waals surface area contributed by atoms with E-state index in [1.165, 1.54) is 0 Å². The van der Waals surface area contributed by atoms with Crippen LogP contribution < -0.4 is 5.32 Å². The van der Waals surface area contributed by atoms with E-state index in [9.17, 15) is 4.79 Å². The van der Waals surface area contributed by atoms with Gasteiger partial charge in [0.2, 0.25) is 5.91 Å². The van der Waals surface area contributed by atoms with Crippen molar-refractivity contribution < 1.29 is 9.32 Å². The molecule has 0 aliphatic carbocycles. The minimum atomic E-state index is -0.0688. The van der Waals surface area contributed by atoms with Crippen LogP contribution in [0, 0.1) is 13.8 Å². The molecule has 4 heterocycles. The molecule has 9 heteroatoms. The Balaban J connectivity index is 1.42. The third-order valence-corrected chi connectivity index (χ3v) is 5.05. The number of hydrogen-bond acceptors (Lipinski definition) is 7. The molecular formula is C18H18N6O2S. The quantitative estimate of drug-likeness (QED) is 0.551. The fourth-order valence-corrected chi connectivity index (χ4v) is 3.52. The largest absolute Gasteiger partial charge is 0.361 e. The number of hydrogen-bond donors (Lipinski definition) is 1. The van der Waals surface area contributed by atoms with Gasteiger partial charge < -0.3 is 9.84 Å². The van der Waals surface area contributed by atoms with E-state index in [2.05, 4.69) is 25.8 Å². The maximum Gasteiger partial charge on any atom is 0.220 e. The molecule has 0 aromatic carbocycles. The molecule has 0 fully saturated rings. The third kappa shape index (κ3) is 3.59. The summed E-state index contributed by atoms with van der Waals surface area (Å²) in [4.78, 5) is 12.2. The zero-order valence-electron chi connectivity index (χ0n) is 15.0. The van der Waals surface area contributed by atoms with Crippen LogP contribution in [0.15, 0.2) is 33.5 Å². The third-order valence-electron chi connectivity index (χ3n) is 4.37. The highest BCUT2D eigenvalue weighted by molar-refractivity contribution is 7.08. The van der Waals surface area contributed by atoms with Crippen molar-refractivity contribution >= 4 is 22.9 Å². The van der Waals surface area contributed by atoms with Gasteiger partial charge in [-0.3, -0.25) is 4.79 Å². The van der Waals surface area contributed by atoms with Crippen molar-refractivity contribution in [1.29, 1.82) is 0 Å². The Hall–Kier alpha value is -3.07. The van der Waals surface area contributed by atoms with Crippen molar-refractivity contribution in [2.24, 2.45) is 0 Å². The van der Waals surface area contributed by atoms with E-state index >= 15 is 0 Å². The minimum Gasteiger partial charge on any atom is -0.361 e. The minimum absolute atomic E-state index is 0.0688. The molecule has 4 aromatic heterocycles. The van der Waals surface area contributed by atoms with Crippen LogP contribution in [0.25, 0.3) is 16.9 Å². The zero-order valence-corrected chi connectivity index (χ0v) is 15.8. The molecule has 0 unspecified atom stereocenters. The molecule has 1 N–H and O–H groups in total. The first kappa shape index (κ1) is 17.3. The zero-order chi connectivity index (χ0) is 18.8. The van der Waals surface area contributed by atoms with Crippen LogP contribution in [0.3, 0.4) is 0 Å². The van der Waals surface area contributed by atoms with E-state index in [0.717, 1.165) is 28.3 Å². The number of carbonyl (C=O) groups is 1. The predicted molar refractivity (Wildman–Crippen MR) is 100 cm³/mol. The van der Waals surface area contributed by atoms with Crippen molar-refractivity contribution in [2.45, 2.75) is 33.2 Å². The Kier molecular flexibility index (Phi) is 4.68. The lowest BCUT2D eigenvalue weighted by Crippen LogP contribution is -2.24. The van der Waals surface area contributed by atoms with E-state index in [-0.39, 0.29) is 12.5 Å². The molecule has 0 saturated carbocycles. The highest BCUT2D eigenvalue weighted by atomic mass is 32.1. The molecule has 0 aliphatic heterocycles. The number of carbonyl (C=O) groups excluding carboxylic acids is 1. The predicted octanol–water partition coefficient (Wildman–Crippen LogP) is 2.71. The first-order chi connectivity index (χ1) is 13.1. The number of nitrogens with one attached hydrogen (secondary N) is 1. The molecule has 0 radical (unpaired) electrons. The highest BCUT2D eigenvalue weighted by Gasteiger charge is 2.13. The van der Waals surface area contributed by atoms with Gasteiger partial charge in [0, 0.05) is 22.9 Å². The van der Waals surface area contributed by atoms with E-state index in [1.807, 2.05) is 42.8 Å². The Morgan fingerprint density at radius 2 is 2.15 bits per heavy atom. The van der Waals surface area contributed by atoms with E-state index in [0.29, 0.717) is 24.3 Å². The van der Waals surface area contributed by atoms with Crippen LogP contribution in [-0.4, -0.2) is 30.9 Å². The molecule has 4 aromatic rings. The second-order valence-electron chi connectivity index (χ2n) is 6.20. The molecule has 0 atom stereocenters. The first-order valence-electron chi connectivity index (χ1n) is 8.54. The normalized spacial score (nSPS) is 11.2. The molecule has 27 heavy (non-hydrogen) atoms. The summed E-state index contributed by atoms with van der Waals surface area (Å²) in [5.41, 5.74) is 4.35. The van der Waals surface area contributed by atoms with Crippen LogP contribution in [-0.2, 0) is 17.8 Å². The summed E-state index contributed by atoms with van der Waals surface area (Å²) in [6.45, 7) is 4.00. The van der Waals surface area contributed by atoms with Crippen molar-refractivity contribution in [1.82, 2.24) is 30.3 Å². The molecule has 0 saturated heterocycles. The summed E-state index contributed by atoms with van der Waals surface area (Å²) < 4.78 is 6.79. The summed E-state index contributed by atoms with van der Waals surface area (Å²) in [5.74, 6) is 1.28. The second-order valence-corrected chi connectivity index (χ2v) is 6.98. The lowest BCUT2D eigenvalue weighted by atomic mass is 10.1. The molecule has 0 spiro atoms. The van der Waals surface area contributed by atoms with Gasteiger partial charge in [-0.2, -0.15) is 21.0 Å². The van der Waals surface area contributed by atoms with Crippen LogP contribution in [0.4, 0.5) is 0 Å². The highest BCUT2D eigenvalue weighted by Crippen LogP contribution is 2.20. The number of fused-ring (bicyclic) bond motifs is 1. The van der Waals surface area contributed by atoms with Crippen molar-refractivity contribution in [3.05, 3.63) is 51.8 Å². The maximum absolute atomic E-state index is 12.2. The summed E-state index contributed by atoms with van der Waals surface area (Å²) in [6, 6.07) is 5.80. The van der Waals surface area contributed by atoms with Crippen molar-refractivity contribution in [3.8, 4) is 11.3 Å². The van der Waals surface area contributed by atoms with Crippen molar-refractivity contribution in [2.75, 3.05) is 0 Å². The molecule has 0 aliphatic rings. The second kappa shape index (κ2) is 7.28. The number of amides is 1. The molecule has 4 rings (SSSR count). The van der Waals surface area contributed by atoms with Gasteiger partial charge in [0.05, 0.1) is 17.9 Å². The Labute approximate surface area is 159 Å². The Morgan fingerprint density at radius 3 is 2.89 bits per heavy atom. The molecule has 8 nitrogen and oxygen atoms in total. The number of rotatable bonds is 6. The fraction of sp³-hybridized carbons (Fsp3) is 0.278. The van der Waals surface area contributed by atoms with Gasteiger partial charge in [-0.15, -0.1) is 10.2 Å². The van der Waals surface area contributed by atoms with Crippen LogP contribution in [0.5, 0.6) is 0 Å². The van der Waals surface area contributed by atoms with E-state index < -0.39 is 0 Å². The van der Waals surface area contributed by atoms with Gasteiger partial charge in [0.25, 0.3) is 0 Å². The average Bonchev–Trinajstić information content (AvgIpc) is 3.39. The molecule has 0 bridgehead atoms. The summed E-state index contributed by atoms with van der Waals surface area (Å²) in [7, 11) is 0. The fourth-order valence-electron chi connectivity index (χ4n) is 2.87. The summed E-state index contributed by atoms with van der Waals surface area (Å²) >= 11 is 1.62. The van der Waals surface area contributed by atoms with Gasteiger partial charge in [0.1, 0.15) is 5.76 Å². The Morgan fingerprint density at radius 1 is 1.26 bits per heavy atom. The van der Waals surface area contributed by atoms with E-state index in [4.69, 9.17) is 4.52 Å². The Bertz CT molecular complexity index is 1060. The number of thiophene rings is 1. The van der Waals surface area contributed by atoms with Crippen molar-refractivity contribution in [3.63, 3.8) is 0 Å². The SMILES string of the molecule is Cc1noc(C)c1CCC(=O)NCc1nnc2ccc(-c3ccsc3)nn12. The number of aromatic nitrogens is 5. The van der Waals surface area contributed by atoms with E-state index in [1.54, 1.807) is 15.9 Å². The summed E-state index contributed by atoms with van der Waals surface area (Å²) in [6.07, 6.45) is 0.946. The topological polar surface area (TPSA) is 98.2 Å². The molecule has 138 valence electrons. The monoisotopic (exact) mass is 382 g/mol. The number of nitrogens with zero attached hydrogens (tertiary/aromatic N) is 5. The molecular weight excluding hydrogens is 364 g/mol. The van der Waals surface area contributed by atoms with Gasteiger partial charge in [-0.1, -0.05) is 5.16 Å². The van der Waals surface area contributed by atoms with Gasteiger partial charge in [-0.05, 0) is 43.8 Å². The first-order valence-corrected chi connectivity index (χ1v) is 9.48. The molecule has 1 amide bonds. The smallest absolute Gasteiger partial charge is 0.220 e. The maximum atomic E-state index is 12.2. The van der Waals surface area contributed by atoms with Gasteiger partial charge >= 0.3 is 0 Å². The van der Waals surface area contributed by atoms with Crippen LogP contribution in [0.2, 0.25) is 0 Å².